The largest absolute Gasteiger partial charge is 0.463 e. The van der Waals surface area contributed by atoms with Crippen molar-refractivity contribution in [1.82, 2.24) is 0 Å². The van der Waals surface area contributed by atoms with Crippen LogP contribution in [0.3, 0.4) is 0 Å². The van der Waals surface area contributed by atoms with Crippen LogP contribution in [-0.4, -0.2) is 55.6 Å². The third-order valence-electron chi connectivity index (χ3n) is 3.45. The third kappa shape index (κ3) is 7.71. The monoisotopic (exact) mass is 346 g/mol. The molecule has 1 aliphatic heterocycles. The van der Waals surface area contributed by atoms with Gasteiger partial charge in [0.15, 0.2) is 6.29 Å². The Morgan fingerprint density at radius 3 is 2.46 bits per heavy atom. The quantitative estimate of drug-likeness (QED) is 0.424. The van der Waals surface area contributed by atoms with Gasteiger partial charge in [0.05, 0.1) is 12.1 Å². The van der Waals surface area contributed by atoms with Gasteiger partial charge in [-0.15, -0.1) is 0 Å². The van der Waals surface area contributed by atoms with Crippen LogP contribution in [0.4, 0.5) is 0 Å². The maximum absolute atomic E-state index is 11.2. The second kappa shape index (κ2) is 10.2. The molecule has 0 bridgehead atoms. The molecule has 1 heterocycles. The number of ether oxygens (including phenoxy) is 4. The smallest absolute Gasteiger partial charge is 0.302 e. The first-order chi connectivity index (χ1) is 11.3. The summed E-state index contributed by atoms with van der Waals surface area (Å²) in [6.45, 7) is 2.94. The molecule has 1 saturated heterocycles. The first-order valence-electron chi connectivity index (χ1n) is 7.91. The third-order valence-corrected chi connectivity index (χ3v) is 3.45. The molecule has 0 saturated carbocycles. The lowest BCUT2D eigenvalue weighted by Crippen LogP contribution is -2.56. The van der Waals surface area contributed by atoms with Crippen LogP contribution in [0.1, 0.15) is 39.5 Å². The molecule has 4 unspecified atom stereocenters. The summed E-state index contributed by atoms with van der Waals surface area (Å²) in [7, 11) is 0. The molecule has 1 fully saturated rings. The van der Waals surface area contributed by atoms with Gasteiger partial charge >= 0.3 is 11.9 Å². The highest BCUT2D eigenvalue weighted by Gasteiger charge is 2.39. The average molecular weight is 346 g/mol. The number of primary amides is 1. The van der Waals surface area contributed by atoms with Crippen LogP contribution in [0, 0.1) is 0 Å². The van der Waals surface area contributed by atoms with Gasteiger partial charge in [-0.25, -0.2) is 0 Å². The summed E-state index contributed by atoms with van der Waals surface area (Å²) in [5.74, 6) is -1.25. The predicted molar refractivity (Wildman–Crippen MR) is 82.4 cm³/mol. The van der Waals surface area contributed by atoms with Gasteiger partial charge in [-0.1, -0.05) is 0 Å². The van der Waals surface area contributed by atoms with Gasteiger partial charge in [0.25, 0.3) is 0 Å². The summed E-state index contributed by atoms with van der Waals surface area (Å²) in [5.41, 5.74) is 11.1. The summed E-state index contributed by atoms with van der Waals surface area (Å²) in [6.07, 6.45) is -0.0516. The van der Waals surface area contributed by atoms with Gasteiger partial charge in [0.1, 0.15) is 12.7 Å². The number of rotatable bonds is 9. The first kappa shape index (κ1) is 20.3. The zero-order valence-corrected chi connectivity index (χ0v) is 14.1. The van der Waals surface area contributed by atoms with E-state index in [1.165, 1.54) is 13.8 Å². The molecule has 1 amide bonds. The van der Waals surface area contributed by atoms with Gasteiger partial charge in [0.2, 0.25) is 5.91 Å². The topological polar surface area (TPSA) is 140 Å². The fourth-order valence-electron chi connectivity index (χ4n) is 2.34. The predicted octanol–water partition coefficient (Wildman–Crippen LogP) is -0.404. The molecule has 0 aliphatic carbocycles. The molecular weight excluding hydrogens is 320 g/mol. The molecule has 1 aliphatic rings. The van der Waals surface area contributed by atoms with Gasteiger partial charge < -0.3 is 30.4 Å². The SMILES string of the molecule is CC(=O)OCC1CC(OC(C)=O)C(N)C(OCCCCC(N)=O)O1. The standard InChI is InChI=1S/C15H26N2O7/c1-9(18)22-8-11-7-12(23-10(2)19)14(17)15(24-11)21-6-4-3-5-13(16)20/h11-12,14-15H,3-8,17H2,1-2H3,(H2,16,20). The van der Waals surface area contributed by atoms with Crippen molar-refractivity contribution in [2.24, 2.45) is 11.5 Å². The Morgan fingerprint density at radius 1 is 1.17 bits per heavy atom. The summed E-state index contributed by atoms with van der Waals surface area (Å²) in [5, 5.41) is 0. The molecule has 138 valence electrons. The fourth-order valence-corrected chi connectivity index (χ4v) is 2.34. The highest BCUT2D eigenvalue weighted by Crippen LogP contribution is 2.23. The highest BCUT2D eigenvalue weighted by molar-refractivity contribution is 5.73. The van der Waals surface area contributed by atoms with E-state index in [0.717, 1.165) is 0 Å². The lowest BCUT2D eigenvalue weighted by molar-refractivity contribution is -0.238. The lowest BCUT2D eigenvalue weighted by atomic mass is 10.0. The van der Waals surface area contributed by atoms with E-state index < -0.39 is 36.5 Å². The van der Waals surface area contributed by atoms with E-state index in [-0.39, 0.29) is 18.9 Å². The Balaban J connectivity index is 2.53. The van der Waals surface area contributed by atoms with Crippen molar-refractivity contribution in [3.63, 3.8) is 0 Å². The van der Waals surface area contributed by atoms with E-state index >= 15 is 0 Å². The van der Waals surface area contributed by atoms with Crippen molar-refractivity contribution >= 4 is 17.8 Å². The molecule has 0 spiro atoms. The van der Waals surface area contributed by atoms with Gasteiger partial charge in [-0.2, -0.15) is 0 Å². The number of unbranched alkanes of at least 4 members (excludes halogenated alkanes) is 1. The van der Waals surface area contributed by atoms with E-state index in [0.29, 0.717) is 25.9 Å². The van der Waals surface area contributed by atoms with Crippen molar-refractivity contribution < 1.29 is 33.3 Å². The van der Waals surface area contributed by atoms with Gasteiger partial charge in [-0.05, 0) is 12.8 Å². The Bertz CT molecular complexity index is 444. The zero-order valence-electron chi connectivity index (χ0n) is 14.1. The molecule has 4 N–H and O–H groups in total. The van der Waals surface area contributed by atoms with E-state index in [1.807, 2.05) is 0 Å². The minimum Gasteiger partial charge on any atom is -0.463 e. The molecule has 0 aromatic heterocycles. The number of amides is 1. The molecule has 0 radical (unpaired) electrons. The van der Waals surface area contributed by atoms with E-state index in [1.54, 1.807) is 0 Å². The summed E-state index contributed by atoms with van der Waals surface area (Å²) in [6, 6.07) is -0.654. The molecule has 9 nitrogen and oxygen atoms in total. The number of carbonyl (C=O) groups is 3. The van der Waals surface area contributed by atoms with Crippen molar-refractivity contribution in [1.29, 1.82) is 0 Å². The Kier molecular flexibility index (Phi) is 8.66. The van der Waals surface area contributed by atoms with Crippen molar-refractivity contribution in [3.8, 4) is 0 Å². The van der Waals surface area contributed by atoms with Crippen LogP contribution in [0.5, 0.6) is 0 Å². The molecule has 4 atom stereocenters. The number of nitrogens with two attached hydrogens (primary N) is 2. The molecule has 24 heavy (non-hydrogen) atoms. The van der Waals surface area contributed by atoms with E-state index in [4.69, 9.17) is 30.4 Å². The number of hydrogen-bond donors (Lipinski definition) is 2. The van der Waals surface area contributed by atoms with Crippen LogP contribution < -0.4 is 11.5 Å². The molecule has 1 rings (SSSR count). The highest BCUT2D eigenvalue weighted by atomic mass is 16.7. The van der Waals surface area contributed by atoms with Crippen molar-refractivity contribution in [2.45, 2.75) is 64.1 Å². The van der Waals surface area contributed by atoms with Gasteiger partial charge in [0, 0.05) is 33.3 Å². The Morgan fingerprint density at radius 2 is 1.88 bits per heavy atom. The van der Waals surface area contributed by atoms with Crippen LogP contribution in [0.15, 0.2) is 0 Å². The Hall–Kier alpha value is -1.71. The second-order valence-corrected chi connectivity index (χ2v) is 5.68. The first-order valence-corrected chi connectivity index (χ1v) is 7.91. The number of carbonyl (C=O) groups excluding carboxylic acids is 3. The Labute approximate surface area is 140 Å². The van der Waals surface area contributed by atoms with Crippen molar-refractivity contribution in [2.75, 3.05) is 13.2 Å². The fraction of sp³-hybridized carbons (Fsp3) is 0.800. The van der Waals surface area contributed by atoms with Gasteiger partial charge in [-0.3, -0.25) is 14.4 Å². The number of hydrogen-bond acceptors (Lipinski definition) is 8. The van der Waals surface area contributed by atoms with Crippen LogP contribution in [0.2, 0.25) is 0 Å². The van der Waals surface area contributed by atoms with E-state index in [9.17, 15) is 14.4 Å². The number of esters is 2. The van der Waals surface area contributed by atoms with Crippen LogP contribution >= 0.6 is 0 Å². The zero-order chi connectivity index (χ0) is 18.1. The summed E-state index contributed by atoms with van der Waals surface area (Å²) < 4.78 is 21.4. The normalized spacial score (nSPS) is 26.6. The minimum atomic E-state index is -0.794. The van der Waals surface area contributed by atoms with Crippen LogP contribution in [0.25, 0.3) is 0 Å². The van der Waals surface area contributed by atoms with Crippen molar-refractivity contribution in [3.05, 3.63) is 0 Å². The van der Waals surface area contributed by atoms with E-state index in [2.05, 4.69) is 0 Å². The summed E-state index contributed by atoms with van der Waals surface area (Å²) >= 11 is 0. The summed E-state index contributed by atoms with van der Waals surface area (Å²) in [4.78, 5) is 32.8. The lowest BCUT2D eigenvalue weighted by Gasteiger charge is -2.38. The average Bonchev–Trinajstić information content (AvgIpc) is 2.47. The minimum absolute atomic E-state index is 0.0291. The second-order valence-electron chi connectivity index (χ2n) is 5.68. The maximum Gasteiger partial charge on any atom is 0.302 e. The molecular formula is C15H26N2O7. The van der Waals surface area contributed by atoms with Crippen LogP contribution in [-0.2, 0) is 33.3 Å². The molecule has 9 heteroatoms. The maximum atomic E-state index is 11.2. The molecule has 0 aromatic carbocycles. The molecule has 0 aromatic rings.